The highest BCUT2D eigenvalue weighted by atomic mass is 32.1. The van der Waals surface area contributed by atoms with Crippen LogP contribution < -0.4 is 24.5 Å². The Hall–Kier alpha value is -3.65. The van der Waals surface area contributed by atoms with Crippen LogP contribution in [0.15, 0.2) is 63.5 Å². The molecule has 0 radical (unpaired) electrons. The van der Waals surface area contributed by atoms with Crippen molar-refractivity contribution in [2.75, 3.05) is 24.6 Å². The van der Waals surface area contributed by atoms with Gasteiger partial charge in [0, 0.05) is 18.8 Å². The second kappa shape index (κ2) is 11.2. The van der Waals surface area contributed by atoms with Crippen molar-refractivity contribution in [1.82, 2.24) is 4.57 Å². The second-order valence-corrected chi connectivity index (χ2v) is 11.3. The van der Waals surface area contributed by atoms with E-state index in [1.54, 1.807) is 11.5 Å². The highest BCUT2D eigenvalue weighted by molar-refractivity contribution is 7.07. The third kappa shape index (κ3) is 5.43. The van der Waals surface area contributed by atoms with E-state index in [0.717, 1.165) is 35.5 Å². The Labute approximate surface area is 232 Å². The molecule has 204 valence electrons. The Bertz CT molecular complexity index is 1590. The number of benzene rings is 2. The highest BCUT2D eigenvalue weighted by Crippen LogP contribution is 2.32. The van der Waals surface area contributed by atoms with Crippen molar-refractivity contribution in [2.24, 2.45) is 4.99 Å². The number of anilines is 1. The van der Waals surface area contributed by atoms with Crippen LogP contribution in [0.3, 0.4) is 0 Å². The van der Waals surface area contributed by atoms with Gasteiger partial charge >= 0.3 is 5.97 Å². The van der Waals surface area contributed by atoms with Gasteiger partial charge in [-0.05, 0) is 94.5 Å². The number of hydrogen-bond acceptors (Lipinski definition) is 7. The number of ether oxygens (including phenoxy) is 2. The van der Waals surface area contributed by atoms with E-state index < -0.39 is 12.0 Å². The first-order chi connectivity index (χ1) is 18.8. The smallest absolute Gasteiger partial charge is 0.338 e. The van der Waals surface area contributed by atoms with Gasteiger partial charge in [0.15, 0.2) is 4.80 Å². The summed E-state index contributed by atoms with van der Waals surface area (Å²) in [6, 6.07) is 13.3. The lowest BCUT2D eigenvalue weighted by molar-refractivity contribution is -0.143. The van der Waals surface area contributed by atoms with E-state index in [1.165, 1.54) is 29.9 Å². The van der Waals surface area contributed by atoms with Gasteiger partial charge in [-0.25, -0.2) is 9.79 Å². The van der Waals surface area contributed by atoms with Crippen LogP contribution >= 0.6 is 11.3 Å². The quantitative estimate of drug-likeness (QED) is 0.409. The van der Waals surface area contributed by atoms with Crippen LogP contribution in [-0.2, 0) is 9.53 Å². The predicted molar refractivity (Wildman–Crippen MR) is 155 cm³/mol. The van der Waals surface area contributed by atoms with E-state index in [1.807, 2.05) is 51.1 Å². The van der Waals surface area contributed by atoms with E-state index in [4.69, 9.17) is 14.5 Å². The maximum atomic E-state index is 13.9. The lowest BCUT2D eigenvalue weighted by Gasteiger charge is -2.25. The predicted octanol–water partition coefficient (Wildman–Crippen LogP) is 4.49. The molecule has 2 aliphatic heterocycles. The molecule has 0 saturated carbocycles. The number of rotatable bonds is 7. The van der Waals surface area contributed by atoms with Crippen LogP contribution in [0.25, 0.3) is 6.08 Å². The molecular formula is C31H35N3O4S. The van der Waals surface area contributed by atoms with Gasteiger partial charge in [0.05, 0.1) is 34.6 Å². The zero-order chi connectivity index (χ0) is 27.7. The molecule has 8 heteroatoms. The van der Waals surface area contributed by atoms with Crippen molar-refractivity contribution < 1.29 is 14.3 Å². The molecule has 0 bridgehead atoms. The van der Waals surface area contributed by atoms with Gasteiger partial charge in [0.1, 0.15) is 5.75 Å². The average molecular weight is 546 g/mol. The highest BCUT2D eigenvalue weighted by Gasteiger charge is 2.33. The van der Waals surface area contributed by atoms with Gasteiger partial charge in [-0.1, -0.05) is 29.5 Å². The van der Waals surface area contributed by atoms with Crippen LogP contribution in [0.2, 0.25) is 0 Å². The van der Waals surface area contributed by atoms with Gasteiger partial charge in [-0.2, -0.15) is 0 Å². The lowest BCUT2D eigenvalue weighted by Crippen LogP contribution is -2.40. The van der Waals surface area contributed by atoms with Gasteiger partial charge in [-0.15, -0.1) is 0 Å². The Balaban J connectivity index is 1.61. The summed E-state index contributed by atoms with van der Waals surface area (Å²) in [4.78, 5) is 34.9. The van der Waals surface area contributed by atoms with Gasteiger partial charge < -0.3 is 14.4 Å². The number of thiazole rings is 1. The molecule has 0 aliphatic carbocycles. The first-order valence-corrected chi connectivity index (χ1v) is 14.4. The minimum Gasteiger partial charge on any atom is -0.494 e. The summed E-state index contributed by atoms with van der Waals surface area (Å²) in [5.74, 6) is 0.265. The van der Waals surface area contributed by atoms with E-state index >= 15 is 0 Å². The normalized spacial score (nSPS) is 17.4. The maximum absolute atomic E-state index is 13.9. The van der Waals surface area contributed by atoms with E-state index in [-0.39, 0.29) is 11.7 Å². The number of nitrogens with zero attached hydrogens (tertiary/aromatic N) is 3. The summed E-state index contributed by atoms with van der Waals surface area (Å²) in [5, 5.41) is 0. The largest absolute Gasteiger partial charge is 0.494 e. The molecular weight excluding hydrogens is 510 g/mol. The number of esters is 1. The van der Waals surface area contributed by atoms with Crippen LogP contribution in [-0.4, -0.2) is 36.3 Å². The van der Waals surface area contributed by atoms with Crippen molar-refractivity contribution in [3.63, 3.8) is 0 Å². The van der Waals surface area contributed by atoms with Crippen LogP contribution in [0.1, 0.15) is 63.3 Å². The molecule has 3 heterocycles. The number of carbonyl (C=O) groups excluding carboxylic acids is 1. The monoisotopic (exact) mass is 545 g/mol. The molecule has 2 aromatic carbocycles. The van der Waals surface area contributed by atoms with Crippen LogP contribution in [0.4, 0.5) is 5.69 Å². The molecule has 0 N–H and O–H groups in total. The Morgan fingerprint density at radius 1 is 1.13 bits per heavy atom. The van der Waals surface area contributed by atoms with Crippen molar-refractivity contribution in [3.05, 3.63) is 90.1 Å². The van der Waals surface area contributed by atoms with Crippen molar-refractivity contribution in [2.45, 2.75) is 59.6 Å². The standard InChI is InChI=1S/C31H35N3O4S/c1-6-37-25-13-10-22(11-14-25)28-27(30(36)38-19(2)3)21(5)32-31-34(28)29(35)26(39-31)18-23-9-12-24(17-20(23)4)33-15-7-8-16-33/h9-14,17-19,28H,6-8,15-16H2,1-5H3/b26-18-/t28-/m0/s1. The summed E-state index contributed by atoms with van der Waals surface area (Å²) in [6.45, 7) is 12.2. The molecule has 0 spiro atoms. The molecule has 1 aromatic heterocycles. The minimum absolute atomic E-state index is 0.178. The van der Waals surface area contributed by atoms with Crippen molar-refractivity contribution in [1.29, 1.82) is 0 Å². The maximum Gasteiger partial charge on any atom is 0.338 e. The van der Waals surface area contributed by atoms with Gasteiger partial charge in [0.2, 0.25) is 0 Å². The summed E-state index contributed by atoms with van der Waals surface area (Å²) in [5.41, 5.74) is 4.88. The fraction of sp³-hybridized carbons (Fsp3) is 0.387. The number of aryl methyl sites for hydroxylation is 1. The first kappa shape index (κ1) is 26.9. The van der Waals surface area contributed by atoms with Gasteiger partial charge in [0.25, 0.3) is 5.56 Å². The third-order valence-corrected chi connectivity index (χ3v) is 8.09. The summed E-state index contributed by atoms with van der Waals surface area (Å²) < 4.78 is 13.4. The summed E-state index contributed by atoms with van der Waals surface area (Å²) in [6.07, 6.45) is 4.09. The molecule has 1 atom stereocenters. The van der Waals surface area contributed by atoms with Crippen LogP contribution in [0, 0.1) is 6.92 Å². The lowest BCUT2D eigenvalue weighted by atomic mass is 9.96. The topological polar surface area (TPSA) is 73.1 Å². The fourth-order valence-corrected chi connectivity index (χ4v) is 6.26. The zero-order valence-corrected chi connectivity index (χ0v) is 24.0. The Morgan fingerprint density at radius 2 is 1.85 bits per heavy atom. The minimum atomic E-state index is -0.649. The molecule has 2 aliphatic rings. The molecule has 0 amide bonds. The molecule has 0 unspecified atom stereocenters. The number of hydrogen-bond donors (Lipinski definition) is 0. The SMILES string of the molecule is CCOc1ccc([C@H]2C(C(=O)OC(C)C)=C(C)N=c3s/c(=C\c4ccc(N5CCCC5)cc4C)c(=O)n32)cc1. The Morgan fingerprint density at radius 3 is 2.49 bits per heavy atom. The first-order valence-electron chi connectivity index (χ1n) is 13.6. The average Bonchev–Trinajstić information content (AvgIpc) is 3.53. The molecule has 3 aromatic rings. The molecule has 1 fully saturated rings. The zero-order valence-electron chi connectivity index (χ0n) is 23.2. The molecule has 1 saturated heterocycles. The molecule has 5 rings (SSSR count). The Kier molecular flexibility index (Phi) is 7.75. The second-order valence-electron chi connectivity index (χ2n) is 10.3. The van der Waals surface area contributed by atoms with E-state index in [0.29, 0.717) is 27.2 Å². The van der Waals surface area contributed by atoms with Gasteiger partial charge in [-0.3, -0.25) is 9.36 Å². The number of carbonyl (C=O) groups is 1. The summed E-state index contributed by atoms with van der Waals surface area (Å²) >= 11 is 1.34. The number of allylic oxidation sites excluding steroid dienone is 1. The fourth-order valence-electron chi connectivity index (χ4n) is 5.22. The van der Waals surface area contributed by atoms with E-state index in [9.17, 15) is 9.59 Å². The van der Waals surface area contributed by atoms with E-state index in [2.05, 4.69) is 30.0 Å². The number of aromatic nitrogens is 1. The molecule has 7 nitrogen and oxygen atoms in total. The third-order valence-electron chi connectivity index (χ3n) is 7.10. The van der Waals surface area contributed by atoms with Crippen molar-refractivity contribution in [3.8, 4) is 5.75 Å². The summed E-state index contributed by atoms with van der Waals surface area (Å²) in [7, 11) is 0. The van der Waals surface area contributed by atoms with Crippen LogP contribution in [0.5, 0.6) is 5.75 Å². The molecule has 39 heavy (non-hydrogen) atoms. The van der Waals surface area contributed by atoms with Crippen molar-refractivity contribution >= 4 is 29.1 Å². The number of fused-ring (bicyclic) bond motifs is 1.